The van der Waals surface area contributed by atoms with Crippen molar-refractivity contribution in [2.75, 3.05) is 6.54 Å². The molecular formula is C16H28N2S. The van der Waals surface area contributed by atoms with E-state index >= 15 is 0 Å². The molecule has 1 fully saturated rings. The van der Waals surface area contributed by atoms with E-state index in [9.17, 15) is 0 Å². The lowest BCUT2D eigenvalue weighted by atomic mass is 10.0. The van der Waals surface area contributed by atoms with Gasteiger partial charge in [-0.2, -0.15) is 0 Å². The highest BCUT2D eigenvalue weighted by atomic mass is 32.1. The molecule has 1 aromatic rings. The third-order valence-electron chi connectivity index (χ3n) is 3.95. The molecule has 1 aliphatic rings. The second-order valence-electron chi connectivity index (χ2n) is 6.27. The van der Waals surface area contributed by atoms with Crippen molar-refractivity contribution in [3.63, 3.8) is 0 Å². The van der Waals surface area contributed by atoms with Crippen LogP contribution in [-0.2, 0) is 6.54 Å². The van der Waals surface area contributed by atoms with Gasteiger partial charge in [-0.3, -0.25) is 0 Å². The third-order valence-corrected chi connectivity index (χ3v) is 5.27. The van der Waals surface area contributed by atoms with Gasteiger partial charge in [0.25, 0.3) is 0 Å². The molecule has 1 N–H and O–H groups in total. The van der Waals surface area contributed by atoms with Crippen LogP contribution in [0.2, 0.25) is 0 Å². The zero-order chi connectivity index (χ0) is 13.7. The molecule has 0 atom stereocenters. The first kappa shape index (κ1) is 15.0. The van der Waals surface area contributed by atoms with E-state index in [-0.39, 0.29) is 0 Å². The van der Waals surface area contributed by atoms with Crippen LogP contribution in [0.5, 0.6) is 0 Å². The van der Waals surface area contributed by atoms with Gasteiger partial charge in [-0.15, -0.1) is 11.3 Å². The standard InChI is InChI=1S/C16H28N2S/c1-12(2)10-17-11-15-13(3)18-16(19-15)14-8-6-4-5-7-9-14/h12,14,17H,4-11H2,1-3H3. The molecule has 2 rings (SSSR count). The van der Waals surface area contributed by atoms with Crippen LogP contribution in [-0.4, -0.2) is 11.5 Å². The first-order valence-corrected chi connectivity index (χ1v) is 8.65. The third kappa shape index (κ3) is 4.57. The summed E-state index contributed by atoms with van der Waals surface area (Å²) in [7, 11) is 0. The normalized spacial score (nSPS) is 17.9. The summed E-state index contributed by atoms with van der Waals surface area (Å²) in [6, 6.07) is 0. The molecular weight excluding hydrogens is 252 g/mol. The fourth-order valence-electron chi connectivity index (χ4n) is 2.79. The summed E-state index contributed by atoms with van der Waals surface area (Å²) in [6.45, 7) is 8.76. The number of rotatable bonds is 5. The van der Waals surface area contributed by atoms with Crippen molar-refractivity contribution < 1.29 is 0 Å². The number of nitrogens with zero attached hydrogens (tertiary/aromatic N) is 1. The van der Waals surface area contributed by atoms with Crippen LogP contribution in [0.1, 0.15) is 73.9 Å². The van der Waals surface area contributed by atoms with Crippen molar-refractivity contribution in [1.29, 1.82) is 0 Å². The van der Waals surface area contributed by atoms with Crippen molar-refractivity contribution in [1.82, 2.24) is 10.3 Å². The average Bonchev–Trinajstić information content (AvgIpc) is 2.60. The zero-order valence-corrected chi connectivity index (χ0v) is 13.5. The Kier molecular flexibility index (Phi) is 5.83. The van der Waals surface area contributed by atoms with Gasteiger partial charge in [0.1, 0.15) is 0 Å². The van der Waals surface area contributed by atoms with Gasteiger partial charge < -0.3 is 5.32 Å². The largest absolute Gasteiger partial charge is 0.312 e. The summed E-state index contributed by atoms with van der Waals surface area (Å²) in [5.74, 6) is 1.46. The van der Waals surface area contributed by atoms with Crippen LogP contribution < -0.4 is 5.32 Å². The molecule has 0 bridgehead atoms. The summed E-state index contributed by atoms with van der Waals surface area (Å²) < 4.78 is 0. The second kappa shape index (κ2) is 7.39. The van der Waals surface area contributed by atoms with Gasteiger partial charge in [0.15, 0.2) is 0 Å². The lowest BCUT2D eigenvalue weighted by Gasteiger charge is -2.09. The van der Waals surface area contributed by atoms with Gasteiger partial charge in [0, 0.05) is 17.3 Å². The Hall–Kier alpha value is -0.410. The molecule has 0 unspecified atom stereocenters. The minimum absolute atomic E-state index is 0.717. The van der Waals surface area contributed by atoms with Gasteiger partial charge in [-0.1, -0.05) is 39.5 Å². The number of hydrogen-bond acceptors (Lipinski definition) is 3. The second-order valence-corrected chi connectivity index (χ2v) is 7.39. The van der Waals surface area contributed by atoms with Crippen LogP contribution in [0.15, 0.2) is 0 Å². The zero-order valence-electron chi connectivity index (χ0n) is 12.7. The topological polar surface area (TPSA) is 24.9 Å². The highest BCUT2D eigenvalue weighted by molar-refractivity contribution is 7.11. The fourth-order valence-corrected chi connectivity index (χ4v) is 3.99. The number of aryl methyl sites for hydroxylation is 1. The fraction of sp³-hybridized carbons (Fsp3) is 0.812. The smallest absolute Gasteiger partial charge is 0.0962 e. The van der Waals surface area contributed by atoms with Gasteiger partial charge in [-0.25, -0.2) is 4.98 Å². The number of nitrogens with one attached hydrogen (secondary N) is 1. The first-order valence-electron chi connectivity index (χ1n) is 7.83. The Morgan fingerprint density at radius 2 is 1.89 bits per heavy atom. The molecule has 1 saturated carbocycles. The number of thiazole rings is 1. The Labute approximate surface area is 122 Å². The molecule has 0 aliphatic heterocycles. The van der Waals surface area contributed by atoms with Gasteiger partial charge >= 0.3 is 0 Å². The van der Waals surface area contributed by atoms with Crippen molar-refractivity contribution in [3.05, 3.63) is 15.6 Å². The van der Waals surface area contributed by atoms with E-state index in [0.29, 0.717) is 0 Å². The average molecular weight is 280 g/mol. The van der Waals surface area contributed by atoms with E-state index in [0.717, 1.165) is 24.9 Å². The van der Waals surface area contributed by atoms with Crippen molar-refractivity contribution in [2.45, 2.75) is 71.8 Å². The molecule has 108 valence electrons. The monoisotopic (exact) mass is 280 g/mol. The van der Waals surface area contributed by atoms with Crippen molar-refractivity contribution in [3.8, 4) is 0 Å². The number of aromatic nitrogens is 1. The molecule has 0 saturated heterocycles. The lowest BCUT2D eigenvalue weighted by molar-refractivity contribution is 0.554. The molecule has 19 heavy (non-hydrogen) atoms. The van der Waals surface area contributed by atoms with Crippen LogP contribution in [0.3, 0.4) is 0 Å². The molecule has 0 radical (unpaired) electrons. The summed E-state index contributed by atoms with van der Waals surface area (Å²) in [4.78, 5) is 6.30. The van der Waals surface area contributed by atoms with Gasteiger partial charge in [0.2, 0.25) is 0 Å². The quantitative estimate of drug-likeness (QED) is 0.795. The van der Waals surface area contributed by atoms with Crippen LogP contribution in [0, 0.1) is 12.8 Å². The van der Waals surface area contributed by atoms with Crippen LogP contribution in [0.25, 0.3) is 0 Å². The Balaban J connectivity index is 1.94. The highest BCUT2D eigenvalue weighted by Crippen LogP contribution is 2.34. The van der Waals surface area contributed by atoms with E-state index in [4.69, 9.17) is 4.98 Å². The summed E-state index contributed by atoms with van der Waals surface area (Å²) >= 11 is 1.95. The summed E-state index contributed by atoms with van der Waals surface area (Å²) in [5, 5.41) is 4.94. The lowest BCUT2D eigenvalue weighted by Crippen LogP contribution is -2.18. The van der Waals surface area contributed by atoms with Gasteiger partial charge in [-0.05, 0) is 32.2 Å². The minimum Gasteiger partial charge on any atom is -0.312 e. The molecule has 1 heterocycles. The highest BCUT2D eigenvalue weighted by Gasteiger charge is 2.19. The molecule has 0 spiro atoms. The molecule has 2 nitrogen and oxygen atoms in total. The maximum atomic E-state index is 4.85. The predicted octanol–water partition coefficient (Wildman–Crippen LogP) is 4.63. The molecule has 0 amide bonds. The minimum atomic E-state index is 0.717. The van der Waals surface area contributed by atoms with Crippen LogP contribution >= 0.6 is 11.3 Å². The first-order chi connectivity index (χ1) is 9.16. The van der Waals surface area contributed by atoms with E-state index in [2.05, 4.69) is 26.1 Å². The number of hydrogen-bond donors (Lipinski definition) is 1. The maximum Gasteiger partial charge on any atom is 0.0962 e. The molecule has 0 aromatic carbocycles. The molecule has 1 aromatic heterocycles. The molecule has 1 aliphatic carbocycles. The van der Waals surface area contributed by atoms with E-state index < -0.39 is 0 Å². The van der Waals surface area contributed by atoms with E-state index in [1.807, 2.05) is 11.3 Å². The Bertz CT molecular complexity index is 376. The summed E-state index contributed by atoms with van der Waals surface area (Å²) in [6.07, 6.45) is 8.33. The summed E-state index contributed by atoms with van der Waals surface area (Å²) in [5.41, 5.74) is 1.25. The van der Waals surface area contributed by atoms with Crippen LogP contribution in [0.4, 0.5) is 0 Å². The van der Waals surface area contributed by atoms with Gasteiger partial charge in [0.05, 0.1) is 10.7 Å². The van der Waals surface area contributed by atoms with E-state index in [1.165, 1.54) is 54.1 Å². The van der Waals surface area contributed by atoms with Crippen molar-refractivity contribution in [2.24, 2.45) is 5.92 Å². The van der Waals surface area contributed by atoms with E-state index in [1.54, 1.807) is 0 Å². The maximum absolute atomic E-state index is 4.85. The SMILES string of the molecule is Cc1nc(C2CCCCCC2)sc1CNCC(C)C. The Morgan fingerprint density at radius 1 is 1.21 bits per heavy atom. The predicted molar refractivity (Wildman–Crippen MR) is 83.8 cm³/mol. The Morgan fingerprint density at radius 3 is 2.53 bits per heavy atom. The molecule has 3 heteroatoms. The van der Waals surface area contributed by atoms with Crippen molar-refractivity contribution >= 4 is 11.3 Å².